The van der Waals surface area contributed by atoms with Crippen LogP contribution in [0, 0.1) is 19.3 Å². The SMILES string of the molecule is CCCCN(CCCC)c1ccc2c(-c3cc(C)c(OC)c(C)c3)c3ccc(=N)cc-3oc2c1. The van der Waals surface area contributed by atoms with E-state index >= 15 is 0 Å². The molecule has 2 aromatic carbocycles. The topological polar surface area (TPSA) is 49.5 Å². The lowest BCUT2D eigenvalue weighted by Gasteiger charge is -2.25. The van der Waals surface area contributed by atoms with Gasteiger partial charge in [0.15, 0.2) is 0 Å². The zero-order valence-electron chi connectivity index (χ0n) is 21.1. The summed E-state index contributed by atoms with van der Waals surface area (Å²) >= 11 is 0. The lowest BCUT2D eigenvalue weighted by molar-refractivity contribution is 0.408. The second-order valence-corrected chi connectivity index (χ2v) is 9.21. The number of methoxy groups -OCH3 is 1. The predicted octanol–water partition coefficient (Wildman–Crippen LogP) is 7.72. The Morgan fingerprint density at radius 1 is 0.882 bits per heavy atom. The van der Waals surface area contributed by atoms with Gasteiger partial charge in [-0.05, 0) is 79.8 Å². The number of anilines is 1. The van der Waals surface area contributed by atoms with Gasteiger partial charge in [0.1, 0.15) is 17.1 Å². The molecule has 0 saturated carbocycles. The molecular weight excluding hydrogens is 420 g/mol. The molecule has 0 radical (unpaired) electrons. The number of fused-ring (bicyclic) bond motifs is 2. The maximum Gasteiger partial charge on any atom is 0.137 e. The van der Waals surface area contributed by atoms with E-state index in [1.165, 1.54) is 31.4 Å². The molecule has 0 unspecified atom stereocenters. The van der Waals surface area contributed by atoms with Gasteiger partial charge in [0.25, 0.3) is 0 Å². The summed E-state index contributed by atoms with van der Waals surface area (Å²) in [6, 6.07) is 16.7. The monoisotopic (exact) mass is 456 g/mol. The molecule has 178 valence electrons. The van der Waals surface area contributed by atoms with Gasteiger partial charge >= 0.3 is 0 Å². The van der Waals surface area contributed by atoms with Gasteiger partial charge in [-0.25, -0.2) is 0 Å². The number of unbranched alkanes of at least 4 members (excludes halogenated alkanes) is 2. The average Bonchev–Trinajstić information content (AvgIpc) is 2.82. The van der Waals surface area contributed by atoms with E-state index in [1.807, 2.05) is 18.2 Å². The van der Waals surface area contributed by atoms with Gasteiger partial charge in [-0.3, -0.25) is 0 Å². The largest absolute Gasteiger partial charge is 0.496 e. The third-order valence-electron chi connectivity index (χ3n) is 6.59. The van der Waals surface area contributed by atoms with Crippen molar-refractivity contribution in [2.24, 2.45) is 0 Å². The Morgan fingerprint density at radius 3 is 2.18 bits per heavy atom. The summed E-state index contributed by atoms with van der Waals surface area (Å²) in [7, 11) is 1.72. The molecule has 0 atom stereocenters. The van der Waals surface area contributed by atoms with Crippen LogP contribution in [0.25, 0.3) is 33.4 Å². The molecule has 0 fully saturated rings. The highest BCUT2D eigenvalue weighted by atomic mass is 16.5. The van der Waals surface area contributed by atoms with Crippen molar-refractivity contribution in [2.45, 2.75) is 53.4 Å². The van der Waals surface area contributed by atoms with Crippen LogP contribution < -0.4 is 15.0 Å². The molecule has 4 nitrogen and oxygen atoms in total. The summed E-state index contributed by atoms with van der Waals surface area (Å²) in [4.78, 5) is 2.48. The van der Waals surface area contributed by atoms with Crippen molar-refractivity contribution >= 4 is 16.7 Å². The molecule has 1 aliphatic heterocycles. The maximum absolute atomic E-state index is 8.16. The van der Waals surface area contributed by atoms with Crippen LogP contribution in [0.4, 0.5) is 5.69 Å². The molecule has 0 saturated heterocycles. The Morgan fingerprint density at radius 2 is 1.56 bits per heavy atom. The number of aryl methyl sites for hydroxylation is 2. The van der Waals surface area contributed by atoms with Gasteiger partial charge in [0, 0.05) is 47.4 Å². The summed E-state index contributed by atoms with van der Waals surface area (Å²) in [5, 5.41) is 9.70. The quantitative estimate of drug-likeness (QED) is 0.262. The van der Waals surface area contributed by atoms with E-state index in [4.69, 9.17) is 14.6 Å². The number of hydrogen-bond donors (Lipinski definition) is 1. The molecule has 4 heteroatoms. The van der Waals surface area contributed by atoms with Gasteiger partial charge in [-0.2, -0.15) is 0 Å². The fourth-order valence-corrected chi connectivity index (χ4v) is 4.87. The van der Waals surface area contributed by atoms with E-state index in [0.29, 0.717) is 5.36 Å². The molecule has 0 bridgehead atoms. The molecule has 4 rings (SSSR count). The van der Waals surface area contributed by atoms with Crippen molar-refractivity contribution in [1.82, 2.24) is 0 Å². The Labute approximate surface area is 203 Å². The highest BCUT2D eigenvalue weighted by Crippen LogP contribution is 2.42. The van der Waals surface area contributed by atoms with Crippen LogP contribution >= 0.6 is 0 Å². The summed E-state index contributed by atoms with van der Waals surface area (Å²) < 4.78 is 12.0. The van der Waals surface area contributed by atoms with Crippen molar-refractivity contribution in [1.29, 1.82) is 5.41 Å². The second-order valence-electron chi connectivity index (χ2n) is 9.21. The minimum atomic E-state index is 0.451. The van der Waals surface area contributed by atoms with E-state index < -0.39 is 0 Å². The molecule has 0 aromatic heterocycles. The molecule has 2 aromatic rings. The Kier molecular flexibility index (Phi) is 7.26. The van der Waals surface area contributed by atoms with E-state index in [9.17, 15) is 0 Å². The summed E-state index contributed by atoms with van der Waals surface area (Å²) in [6.07, 6.45) is 4.71. The molecule has 34 heavy (non-hydrogen) atoms. The van der Waals surface area contributed by atoms with Gasteiger partial charge in [0.2, 0.25) is 0 Å². The van der Waals surface area contributed by atoms with Crippen LogP contribution in [0.2, 0.25) is 0 Å². The number of ether oxygens (including phenoxy) is 1. The van der Waals surface area contributed by atoms with Crippen LogP contribution in [0.5, 0.6) is 5.75 Å². The van der Waals surface area contributed by atoms with Crippen LogP contribution in [-0.4, -0.2) is 20.2 Å². The summed E-state index contributed by atoms with van der Waals surface area (Å²) in [6.45, 7) is 10.8. The average molecular weight is 457 g/mol. The number of benzene rings is 3. The molecule has 0 amide bonds. The van der Waals surface area contributed by atoms with Crippen LogP contribution in [0.3, 0.4) is 0 Å². The van der Waals surface area contributed by atoms with Crippen LogP contribution in [0.1, 0.15) is 50.7 Å². The standard InChI is InChI=1S/C30H36N2O2/c1-6-8-14-32(15-9-7-2)24-11-13-26-28(19-24)34-27-18-23(31)10-12-25(27)29(26)22-16-20(3)30(33-5)21(4)17-22/h10-13,16-19,31H,6-9,14-15H2,1-5H3. The lowest BCUT2D eigenvalue weighted by Crippen LogP contribution is -2.25. The third-order valence-corrected chi connectivity index (χ3v) is 6.59. The zero-order chi connectivity index (χ0) is 24.2. The van der Waals surface area contributed by atoms with E-state index in [0.717, 1.165) is 63.4 Å². The van der Waals surface area contributed by atoms with E-state index in [1.54, 1.807) is 7.11 Å². The van der Waals surface area contributed by atoms with Crippen molar-refractivity contribution in [3.05, 3.63) is 65.0 Å². The molecular formula is C30H36N2O2. The minimum absolute atomic E-state index is 0.451. The predicted molar refractivity (Wildman–Crippen MR) is 142 cm³/mol. The Bertz CT molecular complexity index is 1290. The normalized spacial score (nSPS) is 11.3. The van der Waals surface area contributed by atoms with Gasteiger partial charge in [-0.1, -0.05) is 26.7 Å². The van der Waals surface area contributed by atoms with Crippen molar-refractivity contribution in [2.75, 3.05) is 25.1 Å². The Hall–Kier alpha value is -3.27. The first kappa shape index (κ1) is 23.9. The first-order chi connectivity index (χ1) is 16.5. The van der Waals surface area contributed by atoms with Crippen molar-refractivity contribution < 1.29 is 9.15 Å². The second kappa shape index (κ2) is 10.3. The third kappa shape index (κ3) is 4.68. The maximum atomic E-state index is 8.16. The fourth-order valence-electron chi connectivity index (χ4n) is 4.87. The number of rotatable bonds is 9. The number of nitrogens with zero attached hydrogens (tertiary/aromatic N) is 1. The van der Waals surface area contributed by atoms with Gasteiger partial charge in [0.05, 0.1) is 12.5 Å². The lowest BCUT2D eigenvalue weighted by atomic mass is 9.91. The smallest absolute Gasteiger partial charge is 0.137 e. The molecule has 0 spiro atoms. The first-order valence-corrected chi connectivity index (χ1v) is 12.4. The fraction of sp³-hybridized carbons (Fsp3) is 0.367. The van der Waals surface area contributed by atoms with Crippen molar-refractivity contribution in [3.63, 3.8) is 0 Å². The Balaban J connectivity index is 1.95. The molecule has 1 heterocycles. The number of nitrogens with one attached hydrogen (secondary N) is 1. The molecule has 1 N–H and O–H groups in total. The number of hydrogen-bond acceptors (Lipinski definition) is 4. The summed E-state index contributed by atoms with van der Waals surface area (Å²) in [5.74, 6) is 1.67. The minimum Gasteiger partial charge on any atom is -0.496 e. The molecule has 1 aliphatic carbocycles. The zero-order valence-corrected chi connectivity index (χ0v) is 21.1. The highest BCUT2D eigenvalue weighted by Gasteiger charge is 2.19. The highest BCUT2D eigenvalue weighted by molar-refractivity contribution is 6.02. The van der Waals surface area contributed by atoms with E-state index in [-0.39, 0.29) is 0 Å². The van der Waals surface area contributed by atoms with Crippen molar-refractivity contribution in [3.8, 4) is 28.2 Å². The van der Waals surface area contributed by atoms with Gasteiger partial charge in [-0.15, -0.1) is 0 Å². The first-order valence-electron chi connectivity index (χ1n) is 12.4. The van der Waals surface area contributed by atoms with Gasteiger partial charge < -0.3 is 19.5 Å². The van der Waals surface area contributed by atoms with Crippen LogP contribution in [-0.2, 0) is 0 Å². The summed E-state index contributed by atoms with van der Waals surface area (Å²) in [5.41, 5.74) is 7.58. The van der Waals surface area contributed by atoms with Crippen LogP contribution in [0.15, 0.2) is 52.9 Å². The molecule has 2 aliphatic rings. The van der Waals surface area contributed by atoms with E-state index in [2.05, 4.69) is 62.9 Å².